The van der Waals surface area contributed by atoms with Gasteiger partial charge < -0.3 is 9.80 Å². The molecule has 3 aromatic rings. The van der Waals surface area contributed by atoms with E-state index in [1.54, 1.807) is 11.2 Å². The summed E-state index contributed by atoms with van der Waals surface area (Å²) in [4.78, 5) is 25.2. The van der Waals surface area contributed by atoms with Crippen LogP contribution in [0.4, 0.5) is 11.5 Å². The molecule has 1 saturated heterocycles. The van der Waals surface area contributed by atoms with Crippen molar-refractivity contribution in [2.75, 3.05) is 29.9 Å². The highest BCUT2D eigenvalue weighted by molar-refractivity contribution is 5.96. The zero-order valence-electron chi connectivity index (χ0n) is 14.6. The third-order valence-corrected chi connectivity index (χ3v) is 4.75. The molecule has 0 radical (unpaired) electrons. The summed E-state index contributed by atoms with van der Waals surface area (Å²) in [5.41, 5.74) is 2.88. The lowest BCUT2D eigenvalue weighted by molar-refractivity contribution is -0.122. The summed E-state index contributed by atoms with van der Waals surface area (Å²) in [5, 5.41) is 0. The fourth-order valence-electron chi connectivity index (χ4n) is 3.16. The maximum Gasteiger partial charge on any atom is 0.233 e. The van der Waals surface area contributed by atoms with Gasteiger partial charge in [0.15, 0.2) is 0 Å². The van der Waals surface area contributed by atoms with Gasteiger partial charge in [-0.05, 0) is 12.1 Å². The summed E-state index contributed by atoms with van der Waals surface area (Å²) in [6.45, 7) is 1.36. The maximum absolute atomic E-state index is 12.7. The Kier molecular flexibility index (Phi) is 4.35. The van der Waals surface area contributed by atoms with Crippen molar-refractivity contribution < 1.29 is 4.79 Å². The Bertz CT molecular complexity index is 892. The van der Waals surface area contributed by atoms with Crippen LogP contribution in [0, 0.1) is 5.92 Å². The van der Waals surface area contributed by atoms with Crippen molar-refractivity contribution in [2.45, 2.75) is 0 Å². The first kappa shape index (κ1) is 16.3. The minimum absolute atomic E-state index is 0.00431. The molecule has 5 nitrogen and oxygen atoms in total. The quantitative estimate of drug-likeness (QED) is 0.729. The predicted molar refractivity (Wildman–Crippen MR) is 103 cm³/mol. The summed E-state index contributed by atoms with van der Waals surface area (Å²) in [5.74, 6) is 1.01. The zero-order chi connectivity index (χ0) is 17.9. The Hall–Kier alpha value is -3.21. The molecule has 0 aliphatic carbocycles. The van der Waals surface area contributed by atoms with Crippen molar-refractivity contribution in [1.29, 1.82) is 0 Å². The Balaban J connectivity index is 1.43. The fourth-order valence-corrected chi connectivity index (χ4v) is 3.16. The van der Waals surface area contributed by atoms with Crippen LogP contribution in [0.25, 0.3) is 11.3 Å². The molecule has 1 fully saturated rings. The van der Waals surface area contributed by atoms with Crippen LogP contribution in [0.1, 0.15) is 0 Å². The largest absolute Gasteiger partial charge is 0.355 e. The molecule has 26 heavy (non-hydrogen) atoms. The topological polar surface area (TPSA) is 49.3 Å². The molecule has 5 heteroatoms. The van der Waals surface area contributed by atoms with Crippen LogP contribution in [-0.4, -0.2) is 36.0 Å². The molecule has 0 saturated carbocycles. The molecule has 4 rings (SSSR count). The number of carbonyl (C=O) groups is 1. The Morgan fingerprint density at radius 3 is 2.35 bits per heavy atom. The average molecular weight is 344 g/mol. The van der Waals surface area contributed by atoms with Crippen LogP contribution in [0.2, 0.25) is 0 Å². The van der Waals surface area contributed by atoms with Crippen LogP contribution in [0.15, 0.2) is 73.1 Å². The molecule has 0 N–H and O–H groups in total. The van der Waals surface area contributed by atoms with Crippen LogP contribution < -0.4 is 9.80 Å². The number of aromatic nitrogens is 2. The summed E-state index contributed by atoms with van der Waals surface area (Å²) in [7, 11) is 1.83. The van der Waals surface area contributed by atoms with Crippen molar-refractivity contribution in [1.82, 2.24) is 9.97 Å². The van der Waals surface area contributed by atoms with E-state index in [4.69, 9.17) is 0 Å². The van der Waals surface area contributed by atoms with E-state index in [0.29, 0.717) is 13.1 Å². The smallest absolute Gasteiger partial charge is 0.233 e. The van der Waals surface area contributed by atoms with Gasteiger partial charge in [-0.3, -0.25) is 4.79 Å². The van der Waals surface area contributed by atoms with Crippen molar-refractivity contribution >= 4 is 17.4 Å². The lowest BCUT2D eigenvalue weighted by atomic mass is 9.98. The van der Waals surface area contributed by atoms with Crippen molar-refractivity contribution in [3.8, 4) is 11.3 Å². The third-order valence-electron chi connectivity index (χ3n) is 4.75. The fraction of sp³-hybridized carbons (Fsp3) is 0.190. The Morgan fingerprint density at radius 2 is 1.65 bits per heavy atom. The lowest BCUT2D eigenvalue weighted by Gasteiger charge is -2.40. The highest BCUT2D eigenvalue weighted by Gasteiger charge is 2.35. The number of rotatable bonds is 4. The maximum atomic E-state index is 12.7. The van der Waals surface area contributed by atoms with Crippen molar-refractivity contribution in [2.24, 2.45) is 5.92 Å². The van der Waals surface area contributed by atoms with Gasteiger partial charge in [-0.25, -0.2) is 9.97 Å². The second-order valence-corrected chi connectivity index (χ2v) is 6.46. The van der Waals surface area contributed by atoms with Gasteiger partial charge in [-0.1, -0.05) is 48.5 Å². The van der Waals surface area contributed by atoms with Gasteiger partial charge >= 0.3 is 0 Å². The van der Waals surface area contributed by atoms with E-state index in [1.807, 2.05) is 73.8 Å². The van der Waals surface area contributed by atoms with E-state index < -0.39 is 0 Å². The number of nitrogens with zero attached hydrogens (tertiary/aromatic N) is 4. The van der Waals surface area contributed by atoms with Crippen LogP contribution in [0.5, 0.6) is 0 Å². The lowest BCUT2D eigenvalue weighted by Crippen LogP contribution is -2.54. The second-order valence-electron chi connectivity index (χ2n) is 6.46. The molecular formula is C21H20N4O. The molecule has 0 spiro atoms. The van der Waals surface area contributed by atoms with Gasteiger partial charge in [0.2, 0.25) is 5.91 Å². The molecule has 2 aromatic carbocycles. The summed E-state index contributed by atoms with van der Waals surface area (Å²) < 4.78 is 0. The first-order chi connectivity index (χ1) is 12.7. The van der Waals surface area contributed by atoms with E-state index >= 15 is 0 Å². The number of anilines is 2. The molecule has 0 unspecified atom stereocenters. The number of hydrogen-bond acceptors (Lipinski definition) is 4. The van der Waals surface area contributed by atoms with Crippen molar-refractivity contribution in [3.63, 3.8) is 0 Å². The van der Waals surface area contributed by atoms with Gasteiger partial charge in [0.25, 0.3) is 0 Å². The van der Waals surface area contributed by atoms with Gasteiger partial charge in [0.05, 0.1) is 11.6 Å². The van der Waals surface area contributed by atoms with E-state index in [0.717, 1.165) is 22.8 Å². The van der Waals surface area contributed by atoms with Crippen LogP contribution in [0.3, 0.4) is 0 Å². The normalized spacial score (nSPS) is 14.0. The Morgan fingerprint density at radius 1 is 1.00 bits per heavy atom. The molecule has 1 amide bonds. The van der Waals surface area contributed by atoms with Gasteiger partial charge in [-0.2, -0.15) is 0 Å². The highest BCUT2D eigenvalue weighted by atomic mass is 16.2. The van der Waals surface area contributed by atoms with Crippen LogP contribution >= 0.6 is 0 Å². The number of benzene rings is 2. The monoisotopic (exact) mass is 344 g/mol. The van der Waals surface area contributed by atoms with E-state index in [1.165, 1.54) is 0 Å². The average Bonchev–Trinajstić information content (AvgIpc) is 2.68. The summed E-state index contributed by atoms with van der Waals surface area (Å²) in [6.07, 6.45) is 1.59. The van der Waals surface area contributed by atoms with Gasteiger partial charge in [0.1, 0.15) is 12.1 Å². The molecule has 2 heterocycles. The third kappa shape index (κ3) is 3.16. The number of carbonyl (C=O) groups excluding carboxylic acids is 1. The van der Waals surface area contributed by atoms with E-state index in [-0.39, 0.29) is 11.8 Å². The van der Waals surface area contributed by atoms with Crippen molar-refractivity contribution in [3.05, 3.63) is 73.1 Å². The number of hydrogen-bond donors (Lipinski definition) is 0. The first-order valence-electron chi connectivity index (χ1n) is 8.67. The van der Waals surface area contributed by atoms with Gasteiger partial charge in [-0.15, -0.1) is 0 Å². The molecule has 1 aliphatic rings. The van der Waals surface area contributed by atoms with Crippen LogP contribution in [-0.2, 0) is 4.79 Å². The molecule has 0 atom stereocenters. The standard InChI is InChI=1S/C21H20N4O/c1-24(18-10-6-3-7-11-18)21(26)17-13-25(14-17)20-12-19(22-15-23-20)16-8-4-2-5-9-16/h2-12,15,17H,13-14H2,1H3. The highest BCUT2D eigenvalue weighted by Crippen LogP contribution is 2.27. The molecular weight excluding hydrogens is 324 g/mol. The van der Waals surface area contributed by atoms with E-state index in [2.05, 4.69) is 14.9 Å². The molecule has 130 valence electrons. The summed E-state index contributed by atoms with van der Waals surface area (Å²) >= 11 is 0. The minimum Gasteiger partial charge on any atom is -0.355 e. The first-order valence-corrected chi connectivity index (χ1v) is 8.67. The molecule has 1 aromatic heterocycles. The van der Waals surface area contributed by atoms with Gasteiger partial charge in [0, 0.05) is 37.5 Å². The molecule has 1 aliphatic heterocycles. The number of para-hydroxylation sites is 1. The number of amides is 1. The predicted octanol–water partition coefficient (Wildman–Crippen LogP) is 3.24. The van der Waals surface area contributed by atoms with E-state index in [9.17, 15) is 4.79 Å². The minimum atomic E-state index is -0.00431. The Labute approximate surface area is 152 Å². The summed E-state index contributed by atoms with van der Waals surface area (Å²) in [6, 6.07) is 21.8. The SMILES string of the molecule is CN(C(=O)C1CN(c2cc(-c3ccccc3)ncn2)C1)c1ccccc1. The zero-order valence-corrected chi connectivity index (χ0v) is 14.6. The molecule has 0 bridgehead atoms. The second kappa shape index (κ2) is 6.96.